The molecule has 2 N–H and O–H groups in total. The molecule has 0 spiro atoms. The van der Waals surface area contributed by atoms with Gasteiger partial charge in [0.05, 0.1) is 5.56 Å². The third-order valence-electron chi connectivity index (χ3n) is 3.15. The SMILES string of the molecule is CCc1cc(C(=O)O)cc(NC(C)c2ccccc2)n1. The monoisotopic (exact) mass is 270 g/mol. The largest absolute Gasteiger partial charge is 0.478 e. The van der Waals surface area contributed by atoms with Crippen molar-refractivity contribution in [2.75, 3.05) is 5.32 Å². The highest BCUT2D eigenvalue weighted by Crippen LogP contribution is 2.19. The van der Waals surface area contributed by atoms with E-state index >= 15 is 0 Å². The molecule has 20 heavy (non-hydrogen) atoms. The molecule has 0 fully saturated rings. The van der Waals surface area contributed by atoms with Gasteiger partial charge >= 0.3 is 5.97 Å². The fraction of sp³-hybridized carbons (Fsp3) is 0.250. The average Bonchev–Trinajstić information content (AvgIpc) is 2.47. The molecule has 0 saturated heterocycles. The van der Waals surface area contributed by atoms with E-state index in [1.54, 1.807) is 12.1 Å². The molecule has 1 unspecified atom stereocenters. The number of carboxylic acids is 1. The molecule has 1 aromatic heterocycles. The van der Waals surface area contributed by atoms with Crippen LogP contribution in [-0.2, 0) is 6.42 Å². The highest BCUT2D eigenvalue weighted by molar-refractivity contribution is 5.88. The fourth-order valence-electron chi connectivity index (χ4n) is 2.01. The summed E-state index contributed by atoms with van der Waals surface area (Å²) in [6, 6.07) is 13.2. The minimum absolute atomic E-state index is 0.0671. The van der Waals surface area contributed by atoms with Crippen LogP contribution in [0.5, 0.6) is 0 Å². The Kier molecular flexibility index (Phi) is 4.35. The van der Waals surface area contributed by atoms with Gasteiger partial charge in [-0.2, -0.15) is 0 Å². The van der Waals surface area contributed by atoms with Crippen LogP contribution >= 0.6 is 0 Å². The molecule has 1 atom stereocenters. The summed E-state index contributed by atoms with van der Waals surface area (Å²) in [5.74, 6) is -0.337. The molecule has 0 bridgehead atoms. The zero-order valence-electron chi connectivity index (χ0n) is 11.6. The van der Waals surface area contributed by atoms with Crippen LogP contribution in [0.25, 0.3) is 0 Å². The summed E-state index contributed by atoms with van der Waals surface area (Å²) in [4.78, 5) is 15.5. The zero-order valence-corrected chi connectivity index (χ0v) is 11.6. The normalized spacial score (nSPS) is 11.9. The molecule has 0 aliphatic carbocycles. The molecule has 0 amide bonds. The Balaban J connectivity index is 2.24. The quantitative estimate of drug-likeness (QED) is 0.872. The van der Waals surface area contributed by atoms with Crippen LogP contribution in [0, 0.1) is 0 Å². The first-order chi connectivity index (χ1) is 9.60. The van der Waals surface area contributed by atoms with Crippen molar-refractivity contribution in [1.82, 2.24) is 4.98 Å². The lowest BCUT2D eigenvalue weighted by Gasteiger charge is -2.16. The van der Waals surface area contributed by atoms with Crippen LogP contribution in [0.3, 0.4) is 0 Å². The minimum Gasteiger partial charge on any atom is -0.478 e. The number of hydrogen-bond donors (Lipinski definition) is 2. The number of carboxylic acid groups (broad SMARTS) is 1. The maximum absolute atomic E-state index is 11.1. The summed E-state index contributed by atoms with van der Waals surface area (Å²) < 4.78 is 0. The van der Waals surface area contributed by atoms with Crippen molar-refractivity contribution in [1.29, 1.82) is 0 Å². The molecule has 0 aliphatic heterocycles. The maximum atomic E-state index is 11.1. The Morgan fingerprint density at radius 2 is 2.00 bits per heavy atom. The lowest BCUT2D eigenvalue weighted by atomic mass is 10.1. The molecule has 1 heterocycles. The molecule has 0 saturated carbocycles. The number of carbonyl (C=O) groups is 1. The van der Waals surface area contributed by atoms with Gasteiger partial charge < -0.3 is 10.4 Å². The van der Waals surface area contributed by atoms with Crippen LogP contribution in [0.4, 0.5) is 5.82 Å². The van der Waals surface area contributed by atoms with Crippen LogP contribution in [0.1, 0.15) is 41.5 Å². The van der Waals surface area contributed by atoms with Gasteiger partial charge in [-0.15, -0.1) is 0 Å². The summed E-state index contributed by atoms with van der Waals surface area (Å²) in [6.07, 6.45) is 0.704. The topological polar surface area (TPSA) is 62.2 Å². The fourth-order valence-corrected chi connectivity index (χ4v) is 2.01. The molecule has 104 valence electrons. The second kappa shape index (κ2) is 6.19. The van der Waals surface area contributed by atoms with Gasteiger partial charge in [0, 0.05) is 11.7 Å². The lowest BCUT2D eigenvalue weighted by Crippen LogP contribution is -2.10. The van der Waals surface area contributed by atoms with Crippen molar-refractivity contribution in [2.45, 2.75) is 26.3 Å². The number of benzene rings is 1. The number of hydrogen-bond acceptors (Lipinski definition) is 3. The Hall–Kier alpha value is -2.36. The Morgan fingerprint density at radius 1 is 1.30 bits per heavy atom. The summed E-state index contributed by atoms with van der Waals surface area (Å²) in [5.41, 5.74) is 2.17. The number of anilines is 1. The summed E-state index contributed by atoms with van der Waals surface area (Å²) in [5, 5.41) is 12.4. The van der Waals surface area contributed by atoms with Gasteiger partial charge in [0.15, 0.2) is 0 Å². The molecule has 0 radical (unpaired) electrons. The molecule has 4 nitrogen and oxygen atoms in total. The Bertz CT molecular complexity index is 597. The molecule has 4 heteroatoms. The van der Waals surface area contributed by atoms with Gasteiger partial charge in [0.25, 0.3) is 0 Å². The summed E-state index contributed by atoms with van der Waals surface area (Å²) in [7, 11) is 0. The Morgan fingerprint density at radius 3 is 2.60 bits per heavy atom. The summed E-state index contributed by atoms with van der Waals surface area (Å²) in [6.45, 7) is 3.98. The highest BCUT2D eigenvalue weighted by Gasteiger charge is 2.10. The second-order valence-corrected chi connectivity index (χ2v) is 4.67. The zero-order chi connectivity index (χ0) is 14.5. The lowest BCUT2D eigenvalue weighted by molar-refractivity contribution is 0.0696. The number of nitrogens with zero attached hydrogens (tertiary/aromatic N) is 1. The number of aryl methyl sites for hydroxylation is 1. The number of aromatic carboxylic acids is 1. The van der Waals surface area contributed by atoms with Crippen LogP contribution in [0.2, 0.25) is 0 Å². The van der Waals surface area contributed by atoms with E-state index in [0.29, 0.717) is 12.2 Å². The van der Waals surface area contributed by atoms with Gasteiger partial charge in [-0.25, -0.2) is 9.78 Å². The van der Waals surface area contributed by atoms with Crippen LogP contribution in [-0.4, -0.2) is 16.1 Å². The number of pyridine rings is 1. The molecular weight excluding hydrogens is 252 g/mol. The minimum atomic E-state index is -0.933. The van der Waals surface area contributed by atoms with E-state index in [1.807, 2.05) is 44.2 Å². The van der Waals surface area contributed by atoms with E-state index in [4.69, 9.17) is 5.11 Å². The standard InChI is InChI=1S/C16H18N2O2/c1-3-14-9-13(16(19)20)10-15(18-14)17-11(2)12-7-5-4-6-8-12/h4-11H,3H2,1-2H3,(H,17,18)(H,19,20). The van der Waals surface area contributed by atoms with E-state index in [2.05, 4.69) is 10.3 Å². The average molecular weight is 270 g/mol. The van der Waals surface area contributed by atoms with Crippen molar-refractivity contribution < 1.29 is 9.90 Å². The van der Waals surface area contributed by atoms with E-state index in [0.717, 1.165) is 11.3 Å². The summed E-state index contributed by atoms with van der Waals surface area (Å²) >= 11 is 0. The number of rotatable bonds is 5. The first-order valence-electron chi connectivity index (χ1n) is 6.66. The molecule has 0 aliphatic rings. The van der Waals surface area contributed by atoms with E-state index < -0.39 is 5.97 Å². The van der Waals surface area contributed by atoms with Gasteiger partial charge in [-0.05, 0) is 31.0 Å². The highest BCUT2D eigenvalue weighted by atomic mass is 16.4. The van der Waals surface area contributed by atoms with Crippen LogP contribution < -0.4 is 5.32 Å². The smallest absolute Gasteiger partial charge is 0.335 e. The third kappa shape index (κ3) is 3.35. The second-order valence-electron chi connectivity index (χ2n) is 4.67. The first kappa shape index (κ1) is 14.1. The van der Waals surface area contributed by atoms with E-state index in [1.165, 1.54) is 0 Å². The van der Waals surface area contributed by atoms with Crippen LogP contribution in [0.15, 0.2) is 42.5 Å². The first-order valence-corrected chi connectivity index (χ1v) is 6.66. The van der Waals surface area contributed by atoms with Gasteiger partial charge in [-0.3, -0.25) is 0 Å². The number of aromatic nitrogens is 1. The Labute approximate surface area is 118 Å². The predicted octanol–water partition coefficient (Wildman–Crippen LogP) is 3.52. The van der Waals surface area contributed by atoms with Gasteiger partial charge in [-0.1, -0.05) is 37.3 Å². The maximum Gasteiger partial charge on any atom is 0.335 e. The molecule has 1 aromatic carbocycles. The predicted molar refractivity (Wildman–Crippen MR) is 79.1 cm³/mol. The molecule has 2 rings (SSSR count). The molecule has 2 aromatic rings. The van der Waals surface area contributed by atoms with Crippen molar-refractivity contribution in [3.05, 3.63) is 59.3 Å². The van der Waals surface area contributed by atoms with Gasteiger partial charge in [0.1, 0.15) is 5.82 Å². The van der Waals surface area contributed by atoms with Crippen molar-refractivity contribution >= 4 is 11.8 Å². The van der Waals surface area contributed by atoms with Gasteiger partial charge in [0.2, 0.25) is 0 Å². The van der Waals surface area contributed by atoms with Crippen molar-refractivity contribution in [3.63, 3.8) is 0 Å². The van der Waals surface area contributed by atoms with Crippen molar-refractivity contribution in [3.8, 4) is 0 Å². The molecular formula is C16H18N2O2. The van der Waals surface area contributed by atoms with E-state index in [-0.39, 0.29) is 11.6 Å². The third-order valence-corrected chi connectivity index (χ3v) is 3.15. The number of nitrogens with one attached hydrogen (secondary N) is 1. The van der Waals surface area contributed by atoms with Crippen molar-refractivity contribution in [2.24, 2.45) is 0 Å². The van der Waals surface area contributed by atoms with E-state index in [9.17, 15) is 4.79 Å².